The standard InChI is InChI=1S/C11H26N4O/c1-4-7-16-9-10(13-12)11-8-14(2)5-6-15(11)3/h10-11,13H,4-9,12H2,1-3H3. The number of piperazine rings is 1. The van der Waals surface area contributed by atoms with Gasteiger partial charge in [-0.05, 0) is 20.5 Å². The molecule has 1 fully saturated rings. The molecule has 2 unspecified atom stereocenters. The Bertz CT molecular complexity index is 191. The predicted molar refractivity (Wildman–Crippen MR) is 66.1 cm³/mol. The summed E-state index contributed by atoms with van der Waals surface area (Å²) in [5, 5.41) is 0. The molecule has 0 saturated carbocycles. The fourth-order valence-corrected chi connectivity index (χ4v) is 2.10. The summed E-state index contributed by atoms with van der Waals surface area (Å²) in [5.41, 5.74) is 2.89. The van der Waals surface area contributed by atoms with E-state index >= 15 is 0 Å². The van der Waals surface area contributed by atoms with E-state index < -0.39 is 0 Å². The maximum absolute atomic E-state index is 5.62. The van der Waals surface area contributed by atoms with Crippen LogP contribution < -0.4 is 11.3 Å². The highest BCUT2D eigenvalue weighted by Crippen LogP contribution is 2.10. The van der Waals surface area contributed by atoms with Crippen LogP contribution in [0.4, 0.5) is 0 Å². The predicted octanol–water partition coefficient (Wildman–Crippen LogP) is -0.509. The molecule has 0 radical (unpaired) electrons. The van der Waals surface area contributed by atoms with Crippen molar-refractivity contribution in [2.24, 2.45) is 5.84 Å². The second-order valence-corrected chi connectivity index (χ2v) is 4.66. The third-order valence-electron chi connectivity index (χ3n) is 3.22. The van der Waals surface area contributed by atoms with E-state index in [2.05, 4.69) is 36.2 Å². The van der Waals surface area contributed by atoms with Gasteiger partial charge in [-0.2, -0.15) is 0 Å². The monoisotopic (exact) mass is 230 g/mol. The number of ether oxygens (including phenoxy) is 1. The summed E-state index contributed by atoms with van der Waals surface area (Å²) < 4.78 is 5.58. The Hall–Kier alpha value is -0.200. The Morgan fingerprint density at radius 1 is 1.44 bits per heavy atom. The summed E-state index contributed by atoms with van der Waals surface area (Å²) in [7, 11) is 4.31. The molecule has 1 heterocycles. The highest BCUT2D eigenvalue weighted by Gasteiger charge is 2.29. The van der Waals surface area contributed by atoms with Crippen molar-refractivity contribution < 1.29 is 4.74 Å². The van der Waals surface area contributed by atoms with Crippen LogP contribution in [0.15, 0.2) is 0 Å². The van der Waals surface area contributed by atoms with Crippen molar-refractivity contribution in [2.75, 3.05) is 46.9 Å². The van der Waals surface area contributed by atoms with E-state index in [-0.39, 0.29) is 6.04 Å². The largest absolute Gasteiger partial charge is 0.380 e. The average molecular weight is 230 g/mol. The summed E-state index contributed by atoms with van der Waals surface area (Å²) >= 11 is 0. The van der Waals surface area contributed by atoms with E-state index in [4.69, 9.17) is 10.6 Å². The zero-order valence-electron chi connectivity index (χ0n) is 10.8. The number of rotatable bonds is 6. The van der Waals surface area contributed by atoms with Crippen molar-refractivity contribution in [1.29, 1.82) is 0 Å². The number of likely N-dealkylation sites (N-methyl/N-ethyl adjacent to an activating group) is 2. The number of hydrogen-bond acceptors (Lipinski definition) is 5. The number of nitrogens with zero attached hydrogens (tertiary/aromatic N) is 2. The zero-order valence-corrected chi connectivity index (χ0v) is 10.8. The highest BCUT2D eigenvalue weighted by atomic mass is 16.5. The van der Waals surface area contributed by atoms with Crippen molar-refractivity contribution in [1.82, 2.24) is 15.2 Å². The van der Waals surface area contributed by atoms with Gasteiger partial charge in [0.2, 0.25) is 0 Å². The van der Waals surface area contributed by atoms with E-state index in [1.807, 2.05) is 0 Å². The Kier molecular flexibility index (Phi) is 6.23. The van der Waals surface area contributed by atoms with Crippen LogP contribution >= 0.6 is 0 Å². The quantitative estimate of drug-likeness (QED) is 0.366. The fourth-order valence-electron chi connectivity index (χ4n) is 2.10. The molecular formula is C11H26N4O. The Labute approximate surface area is 98.9 Å². The summed E-state index contributed by atoms with van der Waals surface area (Å²) in [5.74, 6) is 5.62. The van der Waals surface area contributed by atoms with Gasteiger partial charge in [0.15, 0.2) is 0 Å². The van der Waals surface area contributed by atoms with E-state index in [9.17, 15) is 0 Å². The van der Waals surface area contributed by atoms with Crippen molar-refractivity contribution >= 4 is 0 Å². The maximum atomic E-state index is 5.62. The molecule has 3 N–H and O–H groups in total. The average Bonchev–Trinajstić information content (AvgIpc) is 2.28. The molecule has 1 rings (SSSR count). The molecule has 0 aromatic carbocycles. The van der Waals surface area contributed by atoms with Gasteiger partial charge in [-0.1, -0.05) is 6.92 Å². The van der Waals surface area contributed by atoms with Gasteiger partial charge in [0, 0.05) is 32.3 Å². The minimum absolute atomic E-state index is 0.208. The molecular weight excluding hydrogens is 204 g/mol. The van der Waals surface area contributed by atoms with E-state index in [1.165, 1.54) is 0 Å². The van der Waals surface area contributed by atoms with Gasteiger partial charge in [0.25, 0.3) is 0 Å². The second-order valence-electron chi connectivity index (χ2n) is 4.66. The second kappa shape index (κ2) is 7.19. The molecule has 0 aliphatic carbocycles. The van der Waals surface area contributed by atoms with Crippen molar-refractivity contribution in [2.45, 2.75) is 25.4 Å². The summed E-state index contributed by atoms with van der Waals surface area (Å²) in [4.78, 5) is 4.70. The number of hydrogen-bond donors (Lipinski definition) is 2. The first kappa shape index (κ1) is 13.9. The van der Waals surface area contributed by atoms with Crippen LogP contribution in [0.3, 0.4) is 0 Å². The van der Waals surface area contributed by atoms with Crippen molar-refractivity contribution in [3.8, 4) is 0 Å². The lowest BCUT2D eigenvalue weighted by atomic mass is 10.1. The molecule has 16 heavy (non-hydrogen) atoms. The van der Waals surface area contributed by atoms with E-state index in [0.29, 0.717) is 12.6 Å². The summed E-state index contributed by atoms with van der Waals surface area (Å²) in [6.07, 6.45) is 1.05. The van der Waals surface area contributed by atoms with Gasteiger partial charge < -0.3 is 9.64 Å². The molecule has 96 valence electrons. The van der Waals surface area contributed by atoms with Gasteiger partial charge in [-0.25, -0.2) is 0 Å². The van der Waals surface area contributed by atoms with E-state index in [1.54, 1.807) is 0 Å². The third-order valence-corrected chi connectivity index (χ3v) is 3.22. The molecule has 2 atom stereocenters. The zero-order chi connectivity index (χ0) is 12.0. The minimum Gasteiger partial charge on any atom is -0.380 e. The van der Waals surface area contributed by atoms with Crippen LogP contribution in [0.1, 0.15) is 13.3 Å². The molecule has 1 saturated heterocycles. The molecule has 5 nitrogen and oxygen atoms in total. The molecule has 0 aromatic heterocycles. The van der Waals surface area contributed by atoms with Gasteiger partial charge in [0.05, 0.1) is 12.6 Å². The maximum Gasteiger partial charge on any atom is 0.0648 e. The fraction of sp³-hybridized carbons (Fsp3) is 1.00. The lowest BCUT2D eigenvalue weighted by Gasteiger charge is -2.41. The highest BCUT2D eigenvalue weighted by molar-refractivity contribution is 4.87. The van der Waals surface area contributed by atoms with Crippen LogP contribution in [-0.2, 0) is 4.74 Å². The normalized spacial score (nSPS) is 25.9. The van der Waals surface area contributed by atoms with Crippen LogP contribution in [0.2, 0.25) is 0 Å². The third kappa shape index (κ3) is 3.99. The lowest BCUT2D eigenvalue weighted by Crippen LogP contribution is -2.61. The summed E-state index contributed by atoms with van der Waals surface area (Å²) in [6.45, 7) is 6.87. The lowest BCUT2D eigenvalue weighted by molar-refractivity contribution is 0.0400. The van der Waals surface area contributed by atoms with Gasteiger partial charge >= 0.3 is 0 Å². The van der Waals surface area contributed by atoms with Crippen LogP contribution in [-0.4, -0.2) is 68.8 Å². The molecule has 5 heteroatoms. The Balaban J connectivity index is 2.42. The van der Waals surface area contributed by atoms with Gasteiger partial charge in [-0.3, -0.25) is 16.2 Å². The minimum atomic E-state index is 0.208. The molecule has 0 amide bonds. The first-order valence-corrected chi connectivity index (χ1v) is 6.11. The molecule has 1 aliphatic rings. The SMILES string of the molecule is CCCOCC(NN)C1CN(C)CCN1C. The van der Waals surface area contributed by atoms with Crippen LogP contribution in [0.25, 0.3) is 0 Å². The number of nitrogens with two attached hydrogens (primary N) is 1. The molecule has 0 bridgehead atoms. The first-order chi connectivity index (χ1) is 7.69. The van der Waals surface area contributed by atoms with Crippen LogP contribution in [0.5, 0.6) is 0 Å². The number of hydrazine groups is 1. The van der Waals surface area contributed by atoms with Crippen LogP contribution in [0, 0.1) is 0 Å². The Morgan fingerprint density at radius 3 is 2.81 bits per heavy atom. The summed E-state index contributed by atoms with van der Waals surface area (Å²) in [6, 6.07) is 0.639. The first-order valence-electron chi connectivity index (χ1n) is 6.11. The number of nitrogens with one attached hydrogen (secondary N) is 1. The topological polar surface area (TPSA) is 53.8 Å². The molecule has 1 aliphatic heterocycles. The molecule has 0 aromatic rings. The van der Waals surface area contributed by atoms with Gasteiger partial charge in [-0.15, -0.1) is 0 Å². The van der Waals surface area contributed by atoms with Gasteiger partial charge in [0.1, 0.15) is 0 Å². The molecule has 0 spiro atoms. The smallest absolute Gasteiger partial charge is 0.0648 e. The Morgan fingerprint density at radius 2 is 2.19 bits per heavy atom. The van der Waals surface area contributed by atoms with Crippen molar-refractivity contribution in [3.63, 3.8) is 0 Å². The van der Waals surface area contributed by atoms with E-state index in [0.717, 1.165) is 32.7 Å². The van der Waals surface area contributed by atoms with Crippen molar-refractivity contribution in [3.05, 3.63) is 0 Å².